The molecule has 0 fully saturated rings. The minimum atomic E-state index is -1.43. The maximum Gasteiger partial charge on any atom is 0.344 e. The third kappa shape index (κ3) is 12.4. The van der Waals surface area contributed by atoms with E-state index in [-0.39, 0.29) is 26.1 Å². The van der Waals surface area contributed by atoms with E-state index in [1.807, 2.05) is 20.8 Å². The van der Waals surface area contributed by atoms with E-state index in [0.717, 1.165) is 25.7 Å². The first-order valence-electron chi connectivity index (χ1n) is 9.83. The zero-order valence-corrected chi connectivity index (χ0v) is 17.7. The molecule has 0 N–H and O–H groups in total. The Balaban J connectivity index is 0. The summed E-state index contributed by atoms with van der Waals surface area (Å²) in [6, 6.07) is 0. The van der Waals surface area contributed by atoms with Crippen LogP contribution in [0.25, 0.3) is 0 Å². The average molecular weight is 393 g/mol. The second-order valence-corrected chi connectivity index (χ2v) is 6.45. The number of rotatable bonds is 13. The lowest BCUT2D eigenvalue weighted by Crippen LogP contribution is -2.40. The fourth-order valence-electron chi connectivity index (χ4n) is 2.73. The van der Waals surface area contributed by atoms with Gasteiger partial charge in [0.15, 0.2) is 12.8 Å². The molecule has 3 atom stereocenters. The second-order valence-electron chi connectivity index (χ2n) is 6.45. The summed E-state index contributed by atoms with van der Waals surface area (Å²) in [6.45, 7) is 11.9. The summed E-state index contributed by atoms with van der Waals surface area (Å²) in [5, 5.41) is 0. The van der Waals surface area contributed by atoms with E-state index in [4.69, 9.17) is 4.74 Å². The van der Waals surface area contributed by atoms with Gasteiger partial charge in [0.05, 0.1) is 6.61 Å². The fourth-order valence-corrected chi connectivity index (χ4v) is 2.73. The quantitative estimate of drug-likeness (QED) is 0.263. The van der Waals surface area contributed by atoms with Crippen molar-refractivity contribution < 1.29 is 33.0 Å². The second kappa shape index (κ2) is 16.5. The number of halogens is 1. The number of alkyl halides is 1. The summed E-state index contributed by atoms with van der Waals surface area (Å²) in [5.74, 6) is -0.863. The Morgan fingerprint density at radius 2 is 1.67 bits per heavy atom. The molecule has 3 unspecified atom stereocenters. The van der Waals surface area contributed by atoms with Crippen LogP contribution in [-0.2, 0) is 28.6 Å². The molecule has 0 aromatic rings. The van der Waals surface area contributed by atoms with E-state index in [0.29, 0.717) is 12.3 Å². The highest BCUT2D eigenvalue weighted by molar-refractivity contribution is 5.74. The molecule has 0 radical (unpaired) electrons. The van der Waals surface area contributed by atoms with Crippen LogP contribution in [0.2, 0.25) is 0 Å². The maximum atomic E-state index is 12.5. The standard InChI is InChI=1S/C13H24O4.C7H13FO2/c1-5-8-11(6-2)13(4,7-3)17-12(15)9-16-10-14;1-3-5-6(8)7(9)10-4-2/h10-11H,5-9H2,1-4H3;6H,3-5H2,1-2H3. The molecule has 0 amide bonds. The van der Waals surface area contributed by atoms with Crippen molar-refractivity contribution in [2.75, 3.05) is 13.2 Å². The first kappa shape index (κ1) is 27.6. The first-order chi connectivity index (χ1) is 12.8. The van der Waals surface area contributed by atoms with Crippen molar-refractivity contribution in [1.82, 2.24) is 0 Å². The van der Waals surface area contributed by atoms with Gasteiger partial charge in [0.25, 0.3) is 6.47 Å². The van der Waals surface area contributed by atoms with Crippen molar-refractivity contribution in [3.63, 3.8) is 0 Å². The van der Waals surface area contributed by atoms with E-state index >= 15 is 0 Å². The van der Waals surface area contributed by atoms with Gasteiger partial charge in [-0.25, -0.2) is 14.0 Å². The predicted octanol–water partition coefficient (Wildman–Crippen LogP) is 4.39. The maximum absolute atomic E-state index is 12.5. The lowest BCUT2D eigenvalue weighted by atomic mass is 9.81. The Morgan fingerprint density at radius 1 is 1.07 bits per heavy atom. The Labute approximate surface area is 163 Å². The summed E-state index contributed by atoms with van der Waals surface area (Å²) in [7, 11) is 0. The van der Waals surface area contributed by atoms with Crippen LogP contribution in [0.4, 0.5) is 4.39 Å². The molecule has 0 aliphatic rings. The normalized spacial score (nSPS) is 14.6. The van der Waals surface area contributed by atoms with Crippen LogP contribution in [0.5, 0.6) is 0 Å². The van der Waals surface area contributed by atoms with E-state index in [1.54, 1.807) is 6.92 Å². The molecule has 6 nitrogen and oxygen atoms in total. The van der Waals surface area contributed by atoms with Crippen LogP contribution in [0.15, 0.2) is 0 Å². The molecule has 160 valence electrons. The van der Waals surface area contributed by atoms with Gasteiger partial charge in [-0.1, -0.05) is 40.5 Å². The van der Waals surface area contributed by atoms with Crippen LogP contribution in [0, 0.1) is 5.92 Å². The zero-order chi connectivity index (χ0) is 21.3. The van der Waals surface area contributed by atoms with Crippen molar-refractivity contribution in [3.8, 4) is 0 Å². The third-order valence-electron chi connectivity index (χ3n) is 4.40. The zero-order valence-electron chi connectivity index (χ0n) is 17.7. The molecule has 0 heterocycles. The van der Waals surface area contributed by atoms with Gasteiger partial charge in [-0.3, -0.25) is 4.79 Å². The summed E-state index contributed by atoms with van der Waals surface area (Å²) in [4.78, 5) is 32.0. The van der Waals surface area contributed by atoms with E-state index < -0.39 is 23.7 Å². The molecule has 7 heteroatoms. The highest BCUT2D eigenvalue weighted by atomic mass is 19.1. The number of hydrogen-bond donors (Lipinski definition) is 0. The molecule has 0 aliphatic carbocycles. The van der Waals surface area contributed by atoms with E-state index in [2.05, 4.69) is 23.3 Å². The summed E-state index contributed by atoms with van der Waals surface area (Å²) >= 11 is 0. The molecule has 0 aromatic carbocycles. The Hall–Kier alpha value is -1.66. The van der Waals surface area contributed by atoms with Crippen LogP contribution in [0.1, 0.15) is 80.1 Å². The van der Waals surface area contributed by atoms with Gasteiger partial charge in [-0.2, -0.15) is 0 Å². The number of esters is 2. The topological polar surface area (TPSA) is 78.9 Å². The molecule has 27 heavy (non-hydrogen) atoms. The van der Waals surface area contributed by atoms with E-state index in [9.17, 15) is 18.8 Å². The SMILES string of the molecule is CCCC(CC)C(C)(CC)OC(=O)COC=O.CCCC(F)C(=O)OCC. The largest absolute Gasteiger partial charge is 0.464 e. The number of carbonyl (C=O) groups excluding carboxylic acids is 3. The number of hydrogen-bond acceptors (Lipinski definition) is 6. The smallest absolute Gasteiger partial charge is 0.344 e. The van der Waals surface area contributed by atoms with Gasteiger partial charge >= 0.3 is 11.9 Å². The average Bonchev–Trinajstić information content (AvgIpc) is 2.65. The number of ether oxygens (including phenoxy) is 3. The van der Waals surface area contributed by atoms with E-state index in [1.165, 1.54) is 0 Å². The molecule has 0 rings (SSSR count). The summed E-state index contributed by atoms with van der Waals surface area (Å²) in [6.07, 6.45) is 3.33. The fraction of sp³-hybridized carbons (Fsp3) is 0.850. The highest BCUT2D eigenvalue weighted by Gasteiger charge is 2.34. The molecule has 0 saturated heterocycles. The van der Waals surface area contributed by atoms with Gasteiger partial charge < -0.3 is 14.2 Å². The predicted molar refractivity (Wildman–Crippen MR) is 102 cm³/mol. The van der Waals surface area contributed by atoms with Crippen LogP contribution in [-0.4, -0.2) is 43.4 Å². The van der Waals surface area contributed by atoms with Crippen molar-refractivity contribution >= 4 is 18.4 Å². The summed E-state index contributed by atoms with van der Waals surface area (Å²) < 4.78 is 26.8. The third-order valence-corrected chi connectivity index (χ3v) is 4.40. The molecule has 0 aromatic heterocycles. The lowest BCUT2D eigenvalue weighted by molar-refractivity contribution is -0.171. The van der Waals surface area contributed by atoms with Crippen molar-refractivity contribution in [1.29, 1.82) is 0 Å². The minimum absolute atomic E-state index is 0.253. The minimum Gasteiger partial charge on any atom is -0.464 e. The highest BCUT2D eigenvalue weighted by Crippen LogP contribution is 2.32. The Morgan fingerprint density at radius 3 is 2.07 bits per heavy atom. The molecule has 0 saturated carbocycles. The molecular weight excluding hydrogens is 355 g/mol. The molecule has 0 spiro atoms. The van der Waals surface area contributed by atoms with Crippen LogP contribution >= 0.6 is 0 Å². The Bertz CT molecular complexity index is 415. The van der Waals surface area contributed by atoms with Gasteiger partial charge in [0, 0.05) is 0 Å². The monoisotopic (exact) mass is 392 g/mol. The van der Waals surface area contributed by atoms with Gasteiger partial charge in [-0.15, -0.1) is 0 Å². The Kier molecular flexibility index (Phi) is 16.9. The number of carbonyl (C=O) groups is 3. The molecular formula is C20H37FO6. The van der Waals surface area contributed by atoms with Crippen LogP contribution in [0.3, 0.4) is 0 Å². The van der Waals surface area contributed by atoms with Gasteiger partial charge in [0.1, 0.15) is 5.60 Å². The molecule has 0 bridgehead atoms. The van der Waals surface area contributed by atoms with Crippen molar-refractivity contribution in [2.24, 2.45) is 5.92 Å². The van der Waals surface area contributed by atoms with Gasteiger partial charge in [-0.05, 0) is 45.4 Å². The molecule has 0 aliphatic heterocycles. The van der Waals surface area contributed by atoms with Gasteiger partial charge in [0.2, 0.25) is 0 Å². The first-order valence-corrected chi connectivity index (χ1v) is 9.83. The van der Waals surface area contributed by atoms with Crippen molar-refractivity contribution in [3.05, 3.63) is 0 Å². The lowest BCUT2D eigenvalue weighted by Gasteiger charge is -2.36. The summed E-state index contributed by atoms with van der Waals surface area (Å²) in [5.41, 5.74) is -0.464. The van der Waals surface area contributed by atoms with Crippen molar-refractivity contribution in [2.45, 2.75) is 91.8 Å². The van der Waals surface area contributed by atoms with Crippen LogP contribution < -0.4 is 0 Å².